The monoisotopic (exact) mass is 379 g/mol. The fourth-order valence-electron chi connectivity index (χ4n) is 3.14. The third-order valence-electron chi connectivity index (χ3n) is 4.94. The number of halogens is 1. The molecule has 0 unspecified atom stereocenters. The zero-order valence-corrected chi connectivity index (χ0v) is 15.5. The third-order valence-corrected chi connectivity index (χ3v) is 5.17. The van der Waals surface area contributed by atoms with E-state index in [9.17, 15) is 9.59 Å². The summed E-state index contributed by atoms with van der Waals surface area (Å²) in [4.78, 5) is 30.0. The summed E-state index contributed by atoms with van der Waals surface area (Å²) in [5.74, 6) is -0.594. The number of fused-ring (bicyclic) bond motifs is 1. The first-order chi connectivity index (χ1) is 13.0. The number of amides is 2. The first-order valence-electron chi connectivity index (χ1n) is 8.72. The maximum atomic E-state index is 12.9. The molecule has 5 nitrogen and oxygen atoms in total. The van der Waals surface area contributed by atoms with Crippen molar-refractivity contribution in [1.82, 2.24) is 4.98 Å². The molecule has 27 heavy (non-hydrogen) atoms. The molecule has 1 saturated carbocycles. The number of aryl methyl sites for hydroxylation is 1. The summed E-state index contributed by atoms with van der Waals surface area (Å²) in [5.41, 5.74) is 1.79. The van der Waals surface area contributed by atoms with Crippen LogP contribution in [0.3, 0.4) is 0 Å². The van der Waals surface area contributed by atoms with Crippen molar-refractivity contribution in [2.24, 2.45) is 5.41 Å². The van der Waals surface area contributed by atoms with E-state index >= 15 is 0 Å². The molecule has 1 fully saturated rings. The smallest absolute Gasteiger partial charge is 0.240 e. The Labute approximate surface area is 161 Å². The zero-order valence-electron chi connectivity index (χ0n) is 14.8. The standard InChI is InChI=1S/C21H18ClN3O2/c1-13-12-15(22)7-8-16(13)24-19(26)21(9-10-21)20(27)25-17-6-2-4-14-5-3-11-23-18(14)17/h2-8,11-12H,9-10H2,1H3,(H,24,26)(H,25,27). The highest BCUT2D eigenvalue weighted by Gasteiger charge is 2.56. The van der Waals surface area contributed by atoms with Gasteiger partial charge < -0.3 is 10.6 Å². The highest BCUT2D eigenvalue weighted by Crippen LogP contribution is 2.48. The van der Waals surface area contributed by atoms with E-state index in [-0.39, 0.29) is 11.8 Å². The molecule has 0 bridgehead atoms. The van der Waals surface area contributed by atoms with Crippen molar-refractivity contribution in [2.75, 3.05) is 10.6 Å². The lowest BCUT2D eigenvalue weighted by molar-refractivity contribution is -0.131. The van der Waals surface area contributed by atoms with Crippen molar-refractivity contribution in [1.29, 1.82) is 0 Å². The number of carbonyl (C=O) groups excluding carboxylic acids is 2. The normalized spacial score (nSPS) is 14.6. The van der Waals surface area contributed by atoms with Gasteiger partial charge in [0.1, 0.15) is 5.41 Å². The third kappa shape index (κ3) is 3.26. The van der Waals surface area contributed by atoms with Gasteiger partial charge in [0, 0.05) is 22.3 Å². The van der Waals surface area contributed by atoms with Crippen LogP contribution in [-0.2, 0) is 9.59 Å². The van der Waals surface area contributed by atoms with Crippen LogP contribution < -0.4 is 10.6 Å². The van der Waals surface area contributed by atoms with E-state index in [1.807, 2.05) is 31.2 Å². The lowest BCUT2D eigenvalue weighted by atomic mass is 10.0. The molecule has 2 amide bonds. The Hall–Kier alpha value is -2.92. The van der Waals surface area contributed by atoms with Crippen LogP contribution >= 0.6 is 11.6 Å². The Kier molecular flexibility index (Phi) is 4.32. The Morgan fingerprint density at radius 1 is 1.00 bits per heavy atom. The zero-order chi connectivity index (χ0) is 19.0. The number of carbonyl (C=O) groups is 2. The van der Waals surface area contributed by atoms with E-state index in [0.29, 0.717) is 34.8 Å². The van der Waals surface area contributed by atoms with Crippen molar-refractivity contribution in [3.05, 3.63) is 65.3 Å². The van der Waals surface area contributed by atoms with E-state index in [4.69, 9.17) is 11.6 Å². The molecular weight excluding hydrogens is 362 g/mol. The van der Waals surface area contributed by atoms with Crippen LogP contribution in [0.5, 0.6) is 0 Å². The summed E-state index contributed by atoms with van der Waals surface area (Å²) in [6.07, 6.45) is 2.73. The Morgan fingerprint density at radius 3 is 2.41 bits per heavy atom. The Morgan fingerprint density at radius 2 is 1.70 bits per heavy atom. The van der Waals surface area contributed by atoms with Gasteiger partial charge in [-0.25, -0.2) is 0 Å². The van der Waals surface area contributed by atoms with Crippen molar-refractivity contribution < 1.29 is 9.59 Å². The number of benzene rings is 2. The summed E-state index contributed by atoms with van der Waals surface area (Å²) in [5, 5.41) is 7.30. The molecular formula is C21H18ClN3O2. The number of para-hydroxylation sites is 1. The second-order valence-electron chi connectivity index (χ2n) is 6.83. The molecule has 0 aliphatic heterocycles. The number of pyridine rings is 1. The van der Waals surface area contributed by atoms with Crippen LogP contribution in [0.2, 0.25) is 5.02 Å². The van der Waals surface area contributed by atoms with Gasteiger partial charge >= 0.3 is 0 Å². The second kappa shape index (κ2) is 6.67. The van der Waals surface area contributed by atoms with Gasteiger partial charge in [-0.15, -0.1) is 0 Å². The largest absolute Gasteiger partial charge is 0.325 e. The van der Waals surface area contributed by atoms with E-state index in [1.54, 1.807) is 30.5 Å². The fourth-order valence-corrected chi connectivity index (χ4v) is 3.37. The average Bonchev–Trinajstić information content (AvgIpc) is 3.46. The molecule has 3 aromatic rings. The van der Waals surface area contributed by atoms with Gasteiger partial charge in [0.25, 0.3) is 0 Å². The highest BCUT2D eigenvalue weighted by atomic mass is 35.5. The van der Waals surface area contributed by atoms with Gasteiger partial charge in [0.2, 0.25) is 11.8 Å². The van der Waals surface area contributed by atoms with Crippen LogP contribution in [0.15, 0.2) is 54.7 Å². The minimum Gasteiger partial charge on any atom is -0.325 e. The number of aromatic nitrogens is 1. The number of rotatable bonds is 4. The molecule has 1 aliphatic rings. The molecule has 0 spiro atoms. The van der Waals surface area contributed by atoms with E-state index in [0.717, 1.165) is 10.9 Å². The molecule has 0 saturated heterocycles. The maximum Gasteiger partial charge on any atom is 0.240 e. The summed E-state index contributed by atoms with van der Waals surface area (Å²) in [6.45, 7) is 1.86. The van der Waals surface area contributed by atoms with Crippen LogP contribution in [0.25, 0.3) is 10.9 Å². The van der Waals surface area contributed by atoms with Gasteiger partial charge in [-0.3, -0.25) is 14.6 Å². The molecule has 0 radical (unpaired) electrons. The lowest BCUT2D eigenvalue weighted by Crippen LogP contribution is -2.35. The van der Waals surface area contributed by atoms with Gasteiger partial charge in [-0.05, 0) is 55.7 Å². The van der Waals surface area contributed by atoms with Crippen LogP contribution in [-0.4, -0.2) is 16.8 Å². The lowest BCUT2D eigenvalue weighted by Gasteiger charge is -2.17. The van der Waals surface area contributed by atoms with Crippen molar-refractivity contribution in [3.63, 3.8) is 0 Å². The first-order valence-corrected chi connectivity index (χ1v) is 9.10. The van der Waals surface area contributed by atoms with Gasteiger partial charge in [0.15, 0.2) is 0 Å². The molecule has 2 N–H and O–H groups in total. The molecule has 136 valence electrons. The molecule has 2 aromatic carbocycles. The predicted molar refractivity (Wildman–Crippen MR) is 107 cm³/mol. The minimum atomic E-state index is -1.04. The molecule has 6 heteroatoms. The van der Waals surface area contributed by atoms with Crippen LogP contribution in [0.4, 0.5) is 11.4 Å². The summed E-state index contributed by atoms with van der Waals surface area (Å²) in [6, 6.07) is 14.6. The maximum absolute atomic E-state index is 12.9. The van der Waals surface area contributed by atoms with E-state index in [1.165, 1.54) is 0 Å². The van der Waals surface area contributed by atoms with Crippen LogP contribution in [0, 0.1) is 12.3 Å². The number of anilines is 2. The number of hydrogen-bond acceptors (Lipinski definition) is 3. The molecule has 0 atom stereocenters. The number of nitrogens with zero attached hydrogens (tertiary/aromatic N) is 1. The number of hydrogen-bond donors (Lipinski definition) is 2. The van der Waals surface area contributed by atoms with Crippen LogP contribution in [0.1, 0.15) is 18.4 Å². The SMILES string of the molecule is Cc1cc(Cl)ccc1NC(=O)C1(C(=O)Nc2cccc3cccnc23)CC1. The molecule has 1 aliphatic carbocycles. The molecule has 1 aromatic heterocycles. The summed E-state index contributed by atoms with van der Waals surface area (Å²) < 4.78 is 0. The van der Waals surface area contributed by atoms with Crippen molar-refractivity contribution in [3.8, 4) is 0 Å². The van der Waals surface area contributed by atoms with Crippen molar-refractivity contribution in [2.45, 2.75) is 19.8 Å². The Balaban J connectivity index is 1.55. The van der Waals surface area contributed by atoms with Gasteiger partial charge in [-0.1, -0.05) is 29.8 Å². The molecule has 4 rings (SSSR count). The quantitative estimate of drug-likeness (QED) is 0.653. The minimum absolute atomic E-state index is 0.293. The van der Waals surface area contributed by atoms with E-state index < -0.39 is 5.41 Å². The summed E-state index contributed by atoms with van der Waals surface area (Å²) >= 11 is 5.96. The molecule has 1 heterocycles. The topological polar surface area (TPSA) is 71.1 Å². The van der Waals surface area contributed by atoms with Gasteiger partial charge in [0.05, 0.1) is 11.2 Å². The first kappa shape index (κ1) is 17.5. The fraction of sp³-hybridized carbons (Fsp3) is 0.190. The van der Waals surface area contributed by atoms with E-state index in [2.05, 4.69) is 15.6 Å². The highest BCUT2D eigenvalue weighted by molar-refractivity contribution is 6.30. The van der Waals surface area contributed by atoms with Crippen molar-refractivity contribution >= 4 is 45.7 Å². The summed E-state index contributed by atoms with van der Waals surface area (Å²) in [7, 11) is 0. The number of nitrogens with one attached hydrogen (secondary N) is 2. The second-order valence-corrected chi connectivity index (χ2v) is 7.27. The predicted octanol–water partition coefficient (Wildman–Crippen LogP) is 4.55. The average molecular weight is 380 g/mol. The van der Waals surface area contributed by atoms with Gasteiger partial charge in [-0.2, -0.15) is 0 Å². The Bertz CT molecular complexity index is 1050.